The van der Waals surface area contributed by atoms with E-state index in [-0.39, 0.29) is 5.91 Å². The van der Waals surface area contributed by atoms with Gasteiger partial charge in [-0.2, -0.15) is 0 Å². The molecule has 0 radical (unpaired) electrons. The SMILES string of the molecule is CN(C)C(=O)CN1CCCN(Cc2cc(-c3ccco3)on2)CC1. The molecular formula is C17H24N4O3. The first-order valence-electron chi connectivity index (χ1n) is 8.26. The van der Waals surface area contributed by atoms with Crippen LogP contribution in [-0.2, 0) is 11.3 Å². The van der Waals surface area contributed by atoms with E-state index >= 15 is 0 Å². The predicted molar refractivity (Wildman–Crippen MR) is 89.2 cm³/mol. The van der Waals surface area contributed by atoms with Crippen molar-refractivity contribution < 1.29 is 13.7 Å². The second-order valence-electron chi connectivity index (χ2n) is 6.35. The molecule has 24 heavy (non-hydrogen) atoms. The van der Waals surface area contributed by atoms with Crippen LogP contribution < -0.4 is 0 Å². The molecule has 0 unspecified atom stereocenters. The van der Waals surface area contributed by atoms with Crippen LogP contribution in [0.1, 0.15) is 12.1 Å². The van der Waals surface area contributed by atoms with Crippen LogP contribution in [0.2, 0.25) is 0 Å². The van der Waals surface area contributed by atoms with Crippen molar-refractivity contribution in [3.05, 3.63) is 30.2 Å². The van der Waals surface area contributed by atoms with Gasteiger partial charge in [-0.05, 0) is 31.6 Å². The molecule has 3 rings (SSSR count). The smallest absolute Gasteiger partial charge is 0.236 e. The van der Waals surface area contributed by atoms with E-state index in [1.54, 1.807) is 25.3 Å². The number of carbonyl (C=O) groups excluding carboxylic acids is 1. The van der Waals surface area contributed by atoms with Gasteiger partial charge < -0.3 is 13.8 Å². The quantitative estimate of drug-likeness (QED) is 0.827. The van der Waals surface area contributed by atoms with Gasteiger partial charge in [0, 0.05) is 39.8 Å². The summed E-state index contributed by atoms with van der Waals surface area (Å²) in [5, 5.41) is 4.14. The molecule has 0 aliphatic carbocycles. The summed E-state index contributed by atoms with van der Waals surface area (Å²) in [6, 6.07) is 5.61. The molecular weight excluding hydrogens is 308 g/mol. The van der Waals surface area contributed by atoms with E-state index in [9.17, 15) is 4.79 Å². The topological polar surface area (TPSA) is 66.0 Å². The molecule has 1 aliphatic heterocycles. The van der Waals surface area contributed by atoms with E-state index in [2.05, 4.69) is 15.0 Å². The molecule has 0 bridgehead atoms. The average molecular weight is 332 g/mol. The van der Waals surface area contributed by atoms with Crippen molar-refractivity contribution in [2.45, 2.75) is 13.0 Å². The van der Waals surface area contributed by atoms with E-state index < -0.39 is 0 Å². The highest BCUT2D eigenvalue weighted by Gasteiger charge is 2.19. The maximum atomic E-state index is 11.9. The molecule has 7 nitrogen and oxygen atoms in total. The van der Waals surface area contributed by atoms with Crippen molar-refractivity contribution in [1.82, 2.24) is 19.9 Å². The third kappa shape index (κ3) is 4.24. The molecule has 7 heteroatoms. The first-order valence-corrected chi connectivity index (χ1v) is 8.26. The molecule has 1 saturated heterocycles. The van der Waals surface area contributed by atoms with Crippen LogP contribution in [0.3, 0.4) is 0 Å². The number of hydrogen-bond acceptors (Lipinski definition) is 6. The third-order valence-corrected chi connectivity index (χ3v) is 4.25. The monoisotopic (exact) mass is 332 g/mol. The van der Waals surface area contributed by atoms with Crippen LogP contribution in [0.5, 0.6) is 0 Å². The molecule has 1 amide bonds. The van der Waals surface area contributed by atoms with E-state index in [1.807, 2.05) is 18.2 Å². The van der Waals surface area contributed by atoms with Gasteiger partial charge in [0.25, 0.3) is 0 Å². The van der Waals surface area contributed by atoms with Gasteiger partial charge in [-0.15, -0.1) is 0 Å². The zero-order chi connectivity index (χ0) is 16.9. The summed E-state index contributed by atoms with van der Waals surface area (Å²) in [5.41, 5.74) is 0.902. The first kappa shape index (κ1) is 16.7. The fourth-order valence-electron chi connectivity index (χ4n) is 2.82. The van der Waals surface area contributed by atoms with Gasteiger partial charge in [0.1, 0.15) is 0 Å². The lowest BCUT2D eigenvalue weighted by Crippen LogP contribution is -2.38. The Morgan fingerprint density at radius 3 is 2.75 bits per heavy atom. The number of hydrogen-bond donors (Lipinski definition) is 0. The van der Waals surface area contributed by atoms with Crippen molar-refractivity contribution >= 4 is 5.91 Å². The van der Waals surface area contributed by atoms with Gasteiger partial charge in [0.05, 0.1) is 18.5 Å². The minimum absolute atomic E-state index is 0.156. The van der Waals surface area contributed by atoms with E-state index in [0.29, 0.717) is 18.1 Å². The summed E-state index contributed by atoms with van der Waals surface area (Å²) >= 11 is 0. The van der Waals surface area contributed by atoms with Crippen LogP contribution in [0.25, 0.3) is 11.5 Å². The van der Waals surface area contributed by atoms with Crippen molar-refractivity contribution in [1.29, 1.82) is 0 Å². The summed E-state index contributed by atoms with van der Waals surface area (Å²) in [6.45, 7) is 5.00. The number of aromatic nitrogens is 1. The molecule has 0 N–H and O–H groups in total. The number of furan rings is 1. The van der Waals surface area contributed by atoms with Gasteiger partial charge in [-0.25, -0.2) is 0 Å². The number of nitrogens with zero attached hydrogens (tertiary/aromatic N) is 4. The fraction of sp³-hybridized carbons (Fsp3) is 0.529. The van der Waals surface area contributed by atoms with E-state index in [4.69, 9.17) is 8.94 Å². The van der Waals surface area contributed by atoms with Gasteiger partial charge in [-0.1, -0.05) is 5.16 Å². The highest BCUT2D eigenvalue weighted by atomic mass is 16.5. The summed E-state index contributed by atoms with van der Waals surface area (Å²) < 4.78 is 10.7. The summed E-state index contributed by atoms with van der Waals surface area (Å²) in [6.07, 6.45) is 2.67. The minimum atomic E-state index is 0.156. The zero-order valence-corrected chi connectivity index (χ0v) is 14.3. The Bertz CT molecular complexity index is 651. The van der Waals surface area contributed by atoms with E-state index in [0.717, 1.165) is 44.8 Å². The first-order chi connectivity index (χ1) is 11.6. The van der Waals surface area contributed by atoms with Crippen molar-refractivity contribution in [2.24, 2.45) is 0 Å². The highest BCUT2D eigenvalue weighted by Crippen LogP contribution is 2.21. The Hall–Kier alpha value is -2.12. The van der Waals surface area contributed by atoms with Crippen molar-refractivity contribution in [3.63, 3.8) is 0 Å². The third-order valence-electron chi connectivity index (χ3n) is 4.25. The lowest BCUT2D eigenvalue weighted by Gasteiger charge is -2.22. The van der Waals surface area contributed by atoms with Crippen LogP contribution >= 0.6 is 0 Å². The Morgan fingerprint density at radius 1 is 1.21 bits per heavy atom. The van der Waals surface area contributed by atoms with Crippen LogP contribution in [-0.4, -0.2) is 72.6 Å². The molecule has 1 fully saturated rings. The lowest BCUT2D eigenvalue weighted by atomic mass is 10.3. The minimum Gasteiger partial charge on any atom is -0.461 e. The molecule has 0 spiro atoms. The highest BCUT2D eigenvalue weighted by molar-refractivity contribution is 5.77. The average Bonchev–Trinajstić information content (AvgIpc) is 3.18. The Kier molecular flexibility index (Phi) is 5.32. The van der Waals surface area contributed by atoms with Gasteiger partial charge in [-0.3, -0.25) is 14.6 Å². The van der Waals surface area contributed by atoms with Crippen LogP contribution in [0, 0.1) is 0 Å². The van der Waals surface area contributed by atoms with Gasteiger partial charge >= 0.3 is 0 Å². The molecule has 0 aromatic carbocycles. The molecule has 2 aromatic heterocycles. The number of amides is 1. The number of likely N-dealkylation sites (N-methyl/N-ethyl adjacent to an activating group) is 1. The van der Waals surface area contributed by atoms with E-state index in [1.165, 1.54) is 0 Å². The Balaban J connectivity index is 1.52. The molecule has 2 aromatic rings. The summed E-state index contributed by atoms with van der Waals surface area (Å²) in [7, 11) is 3.60. The standard InChI is InChI=1S/C17H24N4O3/c1-19(2)17(22)13-21-7-4-6-20(8-9-21)12-14-11-16(24-18-14)15-5-3-10-23-15/h3,5,10-11H,4,6-9,12-13H2,1-2H3. The Labute approximate surface area is 141 Å². The largest absolute Gasteiger partial charge is 0.461 e. The summed E-state index contributed by atoms with van der Waals surface area (Å²) in [4.78, 5) is 18.1. The molecule has 0 atom stereocenters. The second kappa shape index (κ2) is 7.63. The predicted octanol–water partition coefficient (Wildman–Crippen LogP) is 1.53. The Morgan fingerprint density at radius 2 is 2.00 bits per heavy atom. The molecule has 0 saturated carbocycles. The van der Waals surface area contributed by atoms with Gasteiger partial charge in [0.2, 0.25) is 11.7 Å². The zero-order valence-electron chi connectivity index (χ0n) is 14.3. The normalized spacial score (nSPS) is 16.9. The van der Waals surface area contributed by atoms with Crippen LogP contribution in [0.15, 0.2) is 33.4 Å². The fourth-order valence-corrected chi connectivity index (χ4v) is 2.82. The molecule has 1 aliphatic rings. The number of rotatable bonds is 5. The van der Waals surface area contributed by atoms with Gasteiger partial charge in [0.15, 0.2) is 5.76 Å². The second-order valence-corrected chi connectivity index (χ2v) is 6.35. The maximum absolute atomic E-state index is 11.9. The van der Waals surface area contributed by atoms with Crippen molar-refractivity contribution in [3.8, 4) is 11.5 Å². The summed E-state index contributed by atoms with van der Waals surface area (Å²) in [5.74, 6) is 1.50. The molecule has 3 heterocycles. The number of carbonyl (C=O) groups is 1. The molecule has 130 valence electrons. The maximum Gasteiger partial charge on any atom is 0.236 e. The lowest BCUT2D eigenvalue weighted by molar-refractivity contribution is -0.129. The van der Waals surface area contributed by atoms with Crippen molar-refractivity contribution in [2.75, 3.05) is 46.8 Å². The van der Waals surface area contributed by atoms with Crippen LogP contribution in [0.4, 0.5) is 0 Å².